The van der Waals surface area contributed by atoms with Crippen LogP contribution in [0.1, 0.15) is 47.8 Å². The van der Waals surface area contributed by atoms with Gasteiger partial charge in [0.2, 0.25) is 0 Å². The summed E-state index contributed by atoms with van der Waals surface area (Å²) in [6, 6.07) is 8.24. The summed E-state index contributed by atoms with van der Waals surface area (Å²) in [6.07, 6.45) is 2.39. The van der Waals surface area contributed by atoms with Gasteiger partial charge in [0.15, 0.2) is 9.84 Å². The van der Waals surface area contributed by atoms with E-state index in [0.29, 0.717) is 25.1 Å². The summed E-state index contributed by atoms with van der Waals surface area (Å²) in [6.45, 7) is 8.87. The summed E-state index contributed by atoms with van der Waals surface area (Å²) < 4.78 is 25.4. The lowest BCUT2D eigenvalue weighted by Gasteiger charge is -2.37. The van der Waals surface area contributed by atoms with E-state index < -0.39 is 9.84 Å². The quantitative estimate of drug-likeness (QED) is 0.744. The number of nitrogens with zero attached hydrogens (tertiary/aromatic N) is 4. The van der Waals surface area contributed by atoms with Crippen LogP contribution in [-0.4, -0.2) is 77.6 Å². The molecule has 2 fully saturated rings. The van der Waals surface area contributed by atoms with Crippen LogP contribution in [0.15, 0.2) is 30.5 Å². The first-order valence-corrected chi connectivity index (χ1v) is 12.5. The molecule has 8 heteroatoms. The summed E-state index contributed by atoms with van der Waals surface area (Å²) in [5.74, 6) is 0.697. The van der Waals surface area contributed by atoms with Crippen molar-refractivity contribution in [1.29, 1.82) is 0 Å². The van der Waals surface area contributed by atoms with Crippen LogP contribution in [0.2, 0.25) is 0 Å². The number of rotatable bonds is 4. The monoisotopic (exact) mass is 430 g/mol. The molecule has 4 rings (SSSR count). The van der Waals surface area contributed by atoms with Crippen LogP contribution in [0.4, 0.5) is 0 Å². The van der Waals surface area contributed by atoms with E-state index in [2.05, 4.69) is 23.8 Å². The lowest BCUT2D eigenvalue weighted by molar-refractivity contribution is 0.0586. The average molecular weight is 431 g/mol. The molecule has 1 unspecified atom stereocenters. The van der Waals surface area contributed by atoms with E-state index in [4.69, 9.17) is 0 Å². The topological polar surface area (TPSA) is 75.5 Å². The minimum Gasteiger partial charge on any atom is -0.336 e. The van der Waals surface area contributed by atoms with Gasteiger partial charge in [-0.2, -0.15) is 5.10 Å². The molecule has 1 atom stereocenters. The zero-order chi connectivity index (χ0) is 21.5. The van der Waals surface area contributed by atoms with Gasteiger partial charge in [-0.15, -0.1) is 0 Å². The predicted molar refractivity (Wildman–Crippen MR) is 117 cm³/mol. The fraction of sp³-hybridized carbons (Fsp3) is 0.545. The highest BCUT2D eigenvalue weighted by Crippen LogP contribution is 2.26. The molecule has 3 heterocycles. The number of amides is 1. The molecule has 2 aromatic rings. The van der Waals surface area contributed by atoms with Gasteiger partial charge in [0, 0.05) is 32.2 Å². The van der Waals surface area contributed by atoms with Crippen molar-refractivity contribution in [3.63, 3.8) is 0 Å². The molecule has 0 bridgehead atoms. The normalized spacial score (nSPS) is 22.0. The highest BCUT2D eigenvalue weighted by Gasteiger charge is 2.35. The van der Waals surface area contributed by atoms with E-state index >= 15 is 0 Å². The summed E-state index contributed by atoms with van der Waals surface area (Å²) in [5, 5.41) is 4.54. The third-order valence-electron chi connectivity index (χ3n) is 6.19. The van der Waals surface area contributed by atoms with Gasteiger partial charge in [-0.3, -0.25) is 9.69 Å². The fourth-order valence-electron chi connectivity index (χ4n) is 4.49. The lowest BCUT2D eigenvalue weighted by Crippen LogP contribution is -2.52. The van der Waals surface area contributed by atoms with Crippen LogP contribution >= 0.6 is 0 Å². The second kappa shape index (κ2) is 8.15. The summed E-state index contributed by atoms with van der Waals surface area (Å²) in [7, 11) is -2.89. The molecular formula is C22H30N4O3S. The maximum absolute atomic E-state index is 13.3. The molecule has 1 aromatic carbocycles. The number of hydrogen-bond donors (Lipinski definition) is 0. The predicted octanol–water partition coefficient (Wildman–Crippen LogP) is 2.25. The average Bonchev–Trinajstić information content (AvgIpc) is 3.32. The number of carbonyl (C=O) groups is 1. The largest absolute Gasteiger partial charge is 0.336 e. The van der Waals surface area contributed by atoms with Gasteiger partial charge < -0.3 is 4.90 Å². The summed E-state index contributed by atoms with van der Waals surface area (Å²) in [5.41, 5.74) is 3.72. The number of aromatic nitrogens is 2. The first-order chi connectivity index (χ1) is 14.2. The third-order valence-corrected chi connectivity index (χ3v) is 7.94. The number of sulfone groups is 1. The molecular weight excluding hydrogens is 400 g/mol. The van der Waals surface area contributed by atoms with Crippen LogP contribution in [0.25, 0.3) is 5.69 Å². The Morgan fingerprint density at radius 1 is 1.10 bits per heavy atom. The van der Waals surface area contributed by atoms with Crippen LogP contribution in [-0.2, 0) is 9.84 Å². The Morgan fingerprint density at radius 2 is 1.77 bits per heavy atom. The Morgan fingerprint density at radius 3 is 2.33 bits per heavy atom. The summed E-state index contributed by atoms with van der Waals surface area (Å²) in [4.78, 5) is 17.4. The second-order valence-electron chi connectivity index (χ2n) is 8.73. The molecule has 162 valence electrons. The second-order valence-corrected chi connectivity index (χ2v) is 11.0. The van der Waals surface area contributed by atoms with Gasteiger partial charge in [0.05, 0.1) is 34.6 Å². The third kappa shape index (κ3) is 4.16. The van der Waals surface area contributed by atoms with E-state index in [9.17, 15) is 13.2 Å². The van der Waals surface area contributed by atoms with Gasteiger partial charge in [-0.25, -0.2) is 13.1 Å². The van der Waals surface area contributed by atoms with Crippen LogP contribution in [0.5, 0.6) is 0 Å². The Hall–Kier alpha value is -2.19. The first kappa shape index (κ1) is 21.1. The van der Waals surface area contributed by atoms with Crippen LogP contribution < -0.4 is 0 Å². The first-order valence-electron chi connectivity index (χ1n) is 10.6. The van der Waals surface area contributed by atoms with E-state index in [-0.39, 0.29) is 29.4 Å². The highest BCUT2D eigenvalue weighted by atomic mass is 32.2. The molecule has 0 radical (unpaired) electrons. The van der Waals surface area contributed by atoms with Crippen molar-refractivity contribution in [1.82, 2.24) is 19.6 Å². The highest BCUT2D eigenvalue weighted by molar-refractivity contribution is 7.91. The number of hydrogen-bond acceptors (Lipinski definition) is 5. The Balaban J connectivity index is 1.49. The lowest BCUT2D eigenvalue weighted by atomic mass is 10.0. The minimum absolute atomic E-state index is 0.00996. The molecule has 7 nitrogen and oxygen atoms in total. The van der Waals surface area contributed by atoms with Crippen molar-refractivity contribution in [2.24, 2.45) is 0 Å². The maximum atomic E-state index is 13.3. The van der Waals surface area contributed by atoms with Gasteiger partial charge in [-0.05, 0) is 31.4 Å². The molecule has 0 N–H and O–H groups in total. The minimum atomic E-state index is -2.89. The molecule has 1 aromatic heterocycles. The van der Waals surface area contributed by atoms with E-state index in [0.717, 1.165) is 24.5 Å². The van der Waals surface area contributed by atoms with Gasteiger partial charge in [-0.1, -0.05) is 31.5 Å². The maximum Gasteiger partial charge on any atom is 0.257 e. The van der Waals surface area contributed by atoms with E-state index in [1.165, 1.54) is 5.56 Å². The van der Waals surface area contributed by atoms with Crippen molar-refractivity contribution < 1.29 is 13.2 Å². The fourth-order valence-corrected chi connectivity index (χ4v) is 6.26. The van der Waals surface area contributed by atoms with Crippen LogP contribution in [0.3, 0.4) is 0 Å². The van der Waals surface area contributed by atoms with E-state index in [1.54, 1.807) is 6.20 Å². The zero-order valence-electron chi connectivity index (χ0n) is 17.9. The zero-order valence-corrected chi connectivity index (χ0v) is 18.7. The van der Waals surface area contributed by atoms with Gasteiger partial charge in [0.25, 0.3) is 5.91 Å². The van der Waals surface area contributed by atoms with Crippen molar-refractivity contribution >= 4 is 15.7 Å². The molecule has 2 aliphatic heterocycles. The smallest absolute Gasteiger partial charge is 0.257 e. The van der Waals surface area contributed by atoms with Gasteiger partial charge in [0.1, 0.15) is 0 Å². The molecule has 30 heavy (non-hydrogen) atoms. The van der Waals surface area contributed by atoms with Crippen LogP contribution in [0, 0.1) is 6.92 Å². The van der Waals surface area contributed by atoms with Crippen molar-refractivity contribution in [3.05, 3.63) is 47.3 Å². The number of piperazine rings is 1. The Kier molecular flexibility index (Phi) is 5.72. The van der Waals surface area contributed by atoms with Gasteiger partial charge >= 0.3 is 0 Å². The molecule has 0 aliphatic carbocycles. The summed E-state index contributed by atoms with van der Waals surface area (Å²) >= 11 is 0. The number of benzene rings is 1. The van der Waals surface area contributed by atoms with Crippen molar-refractivity contribution in [2.75, 3.05) is 37.7 Å². The molecule has 2 aliphatic rings. The molecule has 0 spiro atoms. The van der Waals surface area contributed by atoms with Crippen molar-refractivity contribution in [2.45, 2.75) is 39.2 Å². The van der Waals surface area contributed by atoms with E-state index in [1.807, 2.05) is 40.8 Å². The number of carbonyl (C=O) groups excluding carboxylic acids is 1. The molecule has 0 saturated carbocycles. The molecule has 1 amide bonds. The number of aryl methyl sites for hydroxylation is 1. The Labute approximate surface area is 178 Å². The van der Waals surface area contributed by atoms with Crippen molar-refractivity contribution in [3.8, 4) is 5.69 Å². The standard InChI is InChI=1S/C22H30N4O3S/c1-16(2)21-20(14-23-26(21)18-6-4-17(3)5-7-18)22(27)25-11-9-24(10-12-25)19-8-13-30(28,29)15-19/h4-7,14,16,19H,8-13,15H2,1-3H3. The molecule has 2 saturated heterocycles. The SMILES string of the molecule is Cc1ccc(-n2ncc(C(=O)N3CCN(C4CCS(=O)(=O)C4)CC3)c2C(C)C)cc1. The Bertz CT molecular complexity index is 1020.